The molecule has 0 fully saturated rings. The molecule has 0 saturated heterocycles. The van der Waals surface area contributed by atoms with Crippen LogP contribution >= 0.6 is 0 Å². The number of nitriles is 2. The lowest BCUT2D eigenvalue weighted by Gasteiger charge is -2.11. The fourth-order valence-corrected chi connectivity index (χ4v) is 1.56. The highest BCUT2D eigenvalue weighted by molar-refractivity contribution is 6.02. The van der Waals surface area contributed by atoms with Gasteiger partial charge in [-0.15, -0.1) is 0 Å². The van der Waals surface area contributed by atoms with E-state index in [1.165, 1.54) is 0 Å². The van der Waals surface area contributed by atoms with Crippen LogP contribution in [-0.2, 0) is 28.6 Å². The van der Waals surface area contributed by atoms with E-state index in [0.29, 0.717) is 0 Å². The molecule has 0 aliphatic heterocycles. The number of hydrogen-bond acceptors (Lipinski definition) is 8. The Morgan fingerprint density at radius 2 is 1.64 bits per heavy atom. The smallest absolute Gasteiger partial charge is 0.348 e. The van der Waals surface area contributed by atoms with Crippen LogP contribution in [0.4, 0.5) is 0 Å². The molecule has 0 spiro atoms. The predicted octanol–water partition coefficient (Wildman–Crippen LogP) is 0.577. The van der Waals surface area contributed by atoms with Crippen LogP contribution in [0.25, 0.3) is 5.41 Å². The van der Waals surface area contributed by atoms with Crippen LogP contribution in [0.15, 0.2) is 28.9 Å². The highest BCUT2D eigenvalue weighted by atomic mass is 16.5. The zero-order valence-corrected chi connectivity index (χ0v) is 13.7. The molecule has 0 aliphatic carbocycles. The quantitative estimate of drug-likeness (QED) is 0.162. The average Bonchev–Trinajstić information content (AvgIpc) is 2.65. The Labute approximate surface area is 143 Å². The number of nitrogens with zero attached hydrogens (tertiary/aromatic N) is 3. The van der Waals surface area contributed by atoms with E-state index >= 15 is 0 Å². The van der Waals surface area contributed by atoms with Crippen molar-refractivity contribution in [3.63, 3.8) is 0 Å². The minimum atomic E-state index is -1.19. The highest BCUT2D eigenvalue weighted by Gasteiger charge is 2.21. The van der Waals surface area contributed by atoms with Crippen LogP contribution in [0, 0.1) is 28.6 Å². The van der Waals surface area contributed by atoms with Gasteiger partial charge in [0.2, 0.25) is 0 Å². The summed E-state index contributed by atoms with van der Waals surface area (Å²) in [6.07, 6.45) is 1.50. The first-order valence-electron chi connectivity index (χ1n) is 6.61. The number of methoxy groups -OCH3 is 3. The van der Waals surface area contributed by atoms with E-state index < -0.39 is 41.4 Å². The largest absolute Gasteiger partial charge is 0.763 e. The maximum absolute atomic E-state index is 11.5. The first kappa shape index (κ1) is 21.3. The average molecular weight is 344 g/mol. The molecule has 9 nitrogen and oxygen atoms in total. The zero-order valence-electron chi connectivity index (χ0n) is 13.7. The van der Waals surface area contributed by atoms with Gasteiger partial charge in [0.1, 0.15) is 11.6 Å². The maximum atomic E-state index is 11.5. The lowest BCUT2D eigenvalue weighted by molar-refractivity contribution is -0.141. The van der Waals surface area contributed by atoms with Gasteiger partial charge in [0, 0.05) is 0 Å². The van der Waals surface area contributed by atoms with E-state index in [9.17, 15) is 19.6 Å². The topological polar surface area (TPSA) is 149 Å². The number of carbonyl (C=O) groups excluding carboxylic acids is 3. The number of hydrogen-bond donors (Lipinski definition) is 0. The second-order valence-electron chi connectivity index (χ2n) is 4.28. The van der Waals surface area contributed by atoms with Crippen LogP contribution in [0.2, 0.25) is 0 Å². The molecule has 1 atom stereocenters. The predicted molar refractivity (Wildman–Crippen MR) is 83.4 cm³/mol. The molecule has 0 aromatic rings. The Kier molecular flexibility index (Phi) is 9.34. The molecule has 0 amide bonds. The van der Waals surface area contributed by atoms with Crippen molar-refractivity contribution >= 4 is 23.8 Å². The Balaban J connectivity index is 6.27. The number of allylic oxidation sites excluding steroid dienone is 2. The Hall–Kier alpha value is -3.68. The summed E-state index contributed by atoms with van der Waals surface area (Å²) >= 11 is 0. The van der Waals surface area contributed by atoms with Gasteiger partial charge in [0.15, 0.2) is 0 Å². The Bertz CT molecular complexity index is 745. The normalized spacial score (nSPS) is 11.9. The van der Waals surface area contributed by atoms with E-state index in [4.69, 9.17) is 10.7 Å². The molecule has 1 unspecified atom stereocenters. The molecule has 0 N–H and O–H groups in total. The van der Waals surface area contributed by atoms with Crippen molar-refractivity contribution < 1.29 is 28.6 Å². The minimum Gasteiger partial charge on any atom is -0.763 e. The summed E-state index contributed by atoms with van der Waals surface area (Å²) in [6.45, 7) is 0. The third-order valence-electron chi connectivity index (χ3n) is 2.83. The second kappa shape index (κ2) is 10.9. The summed E-state index contributed by atoms with van der Waals surface area (Å²) in [5.74, 6) is -2.32. The summed E-state index contributed by atoms with van der Waals surface area (Å²) in [5.41, 5.74) is -1.07. The van der Waals surface area contributed by atoms with Crippen molar-refractivity contribution in [1.82, 2.24) is 0 Å². The zero-order chi connectivity index (χ0) is 19.4. The third-order valence-corrected chi connectivity index (χ3v) is 2.83. The maximum Gasteiger partial charge on any atom is 0.348 e. The van der Waals surface area contributed by atoms with Crippen molar-refractivity contribution in [2.75, 3.05) is 21.3 Å². The van der Waals surface area contributed by atoms with Crippen molar-refractivity contribution in [2.45, 2.75) is 6.42 Å². The van der Waals surface area contributed by atoms with E-state index in [-0.39, 0.29) is 5.57 Å². The molecule has 0 aromatic heterocycles. The SMILES string of the molecule is COC(=O)CC(C#N)C(C=C(C#N)C(=O)OC)=CC(=C=[N-])C(=O)OC. The minimum absolute atomic E-state index is 0.100. The van der Waals surface area contributed by atoms with Crippen LogP contribution < -0.4 is 0 Å². The van der Waals surface area contributed by atoms with Gasteiger partial charge in [-0.05, 0) is 17.7 Å². The summed E-state index contributed by atoms with van der Waals surface area (Å²) in [7, 11) is 3.22. The molecule has 0 aliphatic rings. The molecule has 0 heterocycles. The first-order chi connectivity index (χ1) is 11.9. The standard InChI is InChI=1S/C16H14N3O6/c1-23-14(20)6-11(7-17)10(4-12(8-18)15(21)24-2)5-13(9-19)16(22)25-3/h4-5,11H,6H2,1-3H3/q-1. The highest BCUT2D eigenvalue weighted by Crippen LogP contribution is 2.21. The summed E-state index contributed by atoms with van der Waals surface area (Å²) in [6, 6.07) is 3.37. The molecular formula is C16H14N3O6-. The molecular weight excluding hydrogens is 330 g/mol. The number of carbonyl (C=O) groups is 3. The van der Waals surface area contributed by atoms with Crippen molar-refractivity contribution in [3.05, 3.63) is 34.3 Å². The van der Waals surface area contributed by atoms with Gasteiger partial charge < -0.3 is 19.6 Å². The van der Waals surface area contributed by atoms with Gasteiger partial charge in [-0.1, -0.05) is 0 Å². The molecule has 0 rings (SSSR count). The van der Waals surface area contributed by atoms with E-state index in [0.717, 1.165) is 33.5 Å². The summed E-state index contributed by atoms with van der Waals surface area (Å²) < 4.78 is 13.3. The number of ether oxygens (including phenoxy) is 3. The van der Waals surface area contributed by atoms with Crippen LogP contribution in [0.5, 0.6) is 0 Å². The summed E-state index contributed by atoms with van der Waals surface area (Å²) in [4.78, 5) is 34.5. The van der Waals surface area contributed by atoms with Gasteiger partial charge in [-0.2, -0.15) is 10.5 Å². The Morgan fingerprint density at radius 1 is 1.04 bits per heavy atom. The van der Waals surface area contributed by atoms with Gasteiger partial charge in [-0.25, -0.2) is 9.59 Å². The molecule has 0 bridgehead atoms. The van der Waals surface area contributed by atoms with E-state index in [1.807, 2.05) is 0 Å². The monoisotopic (exact) mass is 344 g/mol. The number of rotatable bonds is 7. The van der Waals surface area contributed by atoms with Gasteiger partial charge >= 0.3 is 17.9 Å². The molecule has 9 heteroatoms. The van der Waals surface area contributed by atoms with Crippen LogP contribution in [0.1, 0.15) is 6.42 Å². The first-order valence-corrected chi connectivity index (χ1v) is 6.61. The van der Waals surface area contributed by atoms with Crippen LogP contribution in [-0.4, -0.2) is 45.1 Å². The molecule has 130 valence electrons. The molecule has 0 radical (unpaired) electrons. The number of esters is 3. The van der Waals surface area contributed by atoms with Gasteiger partial charge in [0.05, 0.1) is 45.3 Å². The van der Waals surface area contributed by atoms with E-state index in [2.05, 4.69) is 14.2 Å². The van der Waals surface area contributed by atoms with E-state index in [1.54, 1.807) is 18.0 Å². The van der Waals surface area contributed by atoms with Crippen molar-refractivity contribution in [3.8, 4) is 12.1 Å². The summed E-state index contributed by atoms with van der Waals surface area (Å²) in [5, 5.41) is 27.3. The fraction of sp³-hybridized carbons (Fsp3) is 0.312. The van der Waals surface area contributed by atoms with Crippen molar-refractivity contribution in [2.24, 2.45) is 5.92 Å². The Morgan fingerprint density at radius 3 is 2.04 bits per heavy atom. The fourth-order valence-electron chi connectivity index (χ4n) is 1.56. The second-order valence-corrected chi connectivity index (χ2v) is 4.28. The lowest BCUT2D eigenvalue weighted by Crippen LogP contribution is -2.13. The molecule has 0 aromatic carbocycles. The van der Waals surface area contributed by atoms with Gasteiger partial charge in [0.25, 0.3) is 0 Å². The van der Waals surface area contributed by atoms with Gasteiger partial charge in [-0.3, -0.25) is 10.7 Å². The third kappa shape index (κ3) is 6.53. The molecule has 0 saturated carbocycles. The molecule has 25 heavy (non-hydrogen) atoms. The lowest BCUT2D eigenvalue weighted by atomic mass is 9.93. The van der Waals surface area contributed by atoms with Crippen LogP contribution in [0.3, 0.4) is 0 Å². The van der Waals surface area contributed by atoms with Crippen molar-refractivity contribution in [1.29, 1.82) is 10.5 Å².